The summed E-state index contributed by atoms with van der Waals surface area (Å²) in [4.78, 5) is 62.4. The Hall–Kier alpha value is -4.84. The fourth-order valence-corrected chi connectivity index (χ4v) is 11.0. The lowest BCUT2D eigenvalue weighted by Crippen LogP contribution is -2.46. The molecule has 0 radical (unpaired) electrons. The summed E-state index contributed by atoms with van der Waals surface area (Å²) in [6, 6.07) is 37.7. The van der Waals surface area contributed by atoms with Gasteiger partial charge in [0.25, 0.3) is 0 Å². The Labute approximate surface area is 532 Å². The molecule has 5 aromatic rings. The van der Waals surface area contributed by atoms with Gasteiger partial charge in [-0.1, -0.05) is 126 Å². The summed E-state index contributed by atoms with van der Waals surface area (Å²) < 4.78 is 31.7. The highest BCUT2D eigenvalue weighted by Gasteiger charge is 2.44. The van der Waals surface area contributed by atoms with Crippen molar-refractivity contribution in [1.82, 2.24) is 9.80 Å². The van der Waals surface area contributed by atoms with E-state index >= 15 is 0 Å². The van der Waals surface area contributed by atoms with Gasteiger partial charge in [0.1, 0.15) is 17.6 Å². The van der Waals surface area contributed by atoms with Crippen LogP contribution in [0.2, 0.25) is 25.1 Å². The van der Waals surface area contributed by atoms with Crippen LogP contribution < -0.4 is 0 Å². The smallest absolute Gasteiger partial charge is 0.318 e. The number of carbonyl (C=O) groups is 5. The van der Waals surface area contributed by atoms with Gasteiger partial charge in [-0.15, -0.1) is 0 Å². The lowest BCUT2D eigenvalue weighted by atomic mass is 9.83. The monoisotopic (exact) mass is 1300 g/mol. The van der Waals surface area contributed by atoms with Crippen molar-refractivity contribution in [1.29, 1.82) is 0 Å². The number of aliphatic hydroxyl groups excluding tert-OH is 2. The Balaban J connectivity index is 0.000000284. The molecule has 0 amide bonds. The van der Waals surface area contributed by atoms with Gasteiger partial charge < -0.3 is 39.3 Å². The van der Waals surface area contributed by atoms with Gasteiger partial charge in [0.05, 0.1) is 45.9 Å². The van der Waals surface area contributed by atoms with Gasteiger partial charge in [-0.2, -0.15) is 0 Å². The highest BCUT2D eigenvalue weighted by Crippen LogP contribution is 2.38. The van der Waals surface area contributed by atoms with E-state index in [0.717, 1.165) is 60.6 Å². The second kappa shape index (κ2) is 37.1. The van der Waals surface area contributed by atoms with Crippen molar-refractivity contribution in [3.8, 4) is 0 Å². The molecule has 3 N–H and O–H groups in total. The van der Waals surface area contributed by atoms with Gasteiger partial charge in [-0.3, -0.25) is 28.4 Å². The predicted octanol–water partition coefficient (Wildman–Crippen LogP) is 14.9. The lowest BCUT2D eigenvalue weighted by Gasteiger charge is -2.37. The average molecular weight is 1300 g/mol. The molecule has 4 aliphatic heterocycles. The Morgan fingerprint density at radius 3 is 1.13 bits per heavy atom. The molecular formula is C65H81Cl6FN2O11. The second-order valence-electron chi connectivity index (χ2n) is 21.4. The molecule has 9 atom stereocenters. The number of esters is 3. The summed E-state index contributed by atoms with van der Waals surface area (Å²) in [7, 11) is 5.73. The number of nitrogens with zero attached hydrogens (tertiary/aromatic N) is 2. The van der Waals surface area contributed by atoms with Crippen molar-refractivity contribution in [3.63, 3.8) is 0 Å². The number of methoxy groups -OCH3 is 1. The third kappa shape index (κ3) is 22.7. The topological polar surface area (TPSA) is 180 Å². The van der Waals surface area contributed by atoms with Crippen LogP contribution in [-0.2, 0) is 43.6 Å². The van der Waals surface area contributed by atoms with E-state index < -0.39 is 24.5 Å². The molecular weight excluding hydrogens is 1220 g/mol. The normalized spacial score (nSPS) is 21.3. The van der Waals surface area contributed by atoms with Crippen LogP contribution in [0.1, 0.15) is 139 Å². The van der Waals surface area contributed by atoms with Crippen molar-refractivity contribution in [2.24, 2.45) is 0 Å². The van der Waals surface area contributed by atoms with Gasteiger partial charge >= 0.3 is 23.9 Å². The van der Waals surface area contributed by atoms with E-state index in [9.17, 15) is 33.5 Å². The van der Waals surface area contributed by atoms with Crippen molar-refractivity contribution < 1.29 is 59.3 Å². The maximum atomic E-state index is 12.7. The highest BCUT2D eigenvalue weighted by molar-refractivity contribution is 6.64. The van der Waals surface area contributed by atoms with Crippen LogP contribution in [0, 0.1) is 0 Å². The lowest BCUT2D eigenvalue weighted by molar-refractivity contribution is -0.160. The largest absolute Gasteiger partial charge is 0.481 e. The maximum absolute atomic E-state index is 12.7. The third-order valence-corrected chi connectivity index (χ3v) is 17.6. The standard InChI is InChI=1S/C18H24ClNO3.C17H22ClNO2.C10H11ClO2.C9H8Cl2O.C9H9ClO2.CH3F.CH4O/c1-18(11-21,12-3-5-13(19)6-4-12)17(22)23-16-9-14-7-8-15(10-16)20(14)2;1-11(12-3-5-13(18)6-4-12)17(20)21-16-9-14-7-8-15(10-16)19(14)2;1-7(10(12)13-2)8-3-5-9(11)6-4-8;2*1-6(9(11)12)7-2-4-8(10)5-3-7;2*1-2/h3-6,14-16,21H,7-11H2,1-2H3;3-6,11,14-16H,7-10H2,1-2H3;3-7H,1-2H3;2-6H,1H3;2-6H,1H3,(H,11,12);1H3;2H,1H3/i;;;;;1D;. The first-order valence-electron chi connectivity index (χ1n) is 28.5. The highest BCUT2D eigenvalue weighted by atomic mass is 35.5. The fourth-order valence-electron chi connectivity index (χ4n) is 10.3. The van der Waals surface area contributed by atoms with E-state index in [0.29, 0.717) is 49.3 Å². The van der Waals surface area contributed by atoms with Crippen LogP contribution in [0.5, 0.6) is 0 Å². The molecule has 4 aliphatic rings. The van der Waals surface area contributed by atoms with E-state index in [1.54, 1.807) is 113 Å². The summed E-state index contributed by atoms with van der Waals surface area (Å²) >= 11 is 34.2. The summed E-state index contributed by atoms with van der Waals surface area (Å²) in [6.07, 6.45) is 8.62. The number of carboxylic acid groups (broad SMARTS) is 1. The molecule has 0 aliphatic carbocycles. The molecule has 0 saturated carbocycles. The van der Waals surface area contributed by atoms with E-state index in [2.05, 4.69) is 28.6 Å². The number of hydrogen-bond acceptors (Lipinski definition) is 12. The molecule has 20 heteroatoms. The molecule has 9 unspecified atom stereocenters. The molecule has 4 saturated heterocycles. The van der Waals surface area contributed by atoms with Gasteiger partial charge in [0.15, 0.2) is 0 Å². The van der Waals surface area contributed by atoms with Crippen molar-refractivity contribution >= 4 is 98.7 Å². The Morgan fingerprint density at radius 1 is 0.553 bits per heavy atom. The number of alkyl halides is 1. The number of ether oxygens (including phenoxy) is 3. The Morgan fingerprint density at radius 2 is 0.835 bits per heavy atom. The molecule has 5 aromatic carbocycles. The Bertz CT molecular complexity index is 2770. The fraction of sp³-hybridized carbons (Fsp3) is 0.462. The van der Waals surface area contributed by atoms with Crippen molar-refractivity contribution in [3.05, 3.63) is 174 Å². The van der Waals surface area contributed by atoms with Crippen LogP contribution in [-0.4, -0.2) is 133 Å². The molecule has 85 heavy (non-hydrogen) atoms. The quantitative estimate of drug-likeness (QED) is 0.0576. The molecule has 0 spiro atoms. The molecule has 13 nitrogen and oxygen atoms in total. The molecule has 4 fully saturated rings. The second-order valence-corrected chi connectivity index (χ2v) is 23.9. The first-order valence-corrected chi connectivity index (χ1v) is 30.1. The SMILES string of the molecule is CC(C(=O)Cl)c1ccc(Cl)cc1.CC(C(=O)O)c1ccc(Cl)cc1.CC(C(=O)OC1CC2CCC(C1)N2C)c1ccc(Cl)cc1.CN1C2CCC1CC(OC(=O)C(C)(CO)c1ccc(Cl)cc1)C2.CO.COC(=O)C(C)c1ccc(Cl)cc1.[2H]CF. The molecule has 9 rings (SSSR count). The molecule has 4 bridgehead atoms. The molecule has 466 valence electrons. The number of rotatable bonds is 13. The van der Waals surface area contributed by atoms with E-state index in [4.69, 9.17) is 90.7 Å². The van der Waals surface area contributed by atoms with Crippen LogP contribution >= 0.6 is 69.6 Å². The summed E-state index contributed by atoms with van der Waals surface area (Å²) in [5.41, 5.74) is 3.21. The number of carbonyl (C=O) groups excluding carboxylic acids is 4. The van der Waals surface area contributed by atoms with Crippen LogP contribution in [0.25, 0.3) is 0 Å². The van der Waals surface area contributed by atoms with E-state index in [1.165, 1.54) is 32.8 Å². The number of aliphatic hydroxyl groups is 2. The predicted molar refractivity (Wildman–Crippen MR) is 338 cm³/mol. The van der Waals surface area contributed by atoms with Gasteiger partial charge in [0, 0.05) is 56.4 Å². The van der Waals surface area contributed by atoms with Crippen molar-refractivity contribution in [2.75, 3.05) is 42.1 Å². The van der Waals surface area contributed by atoms with Crippen LogP contribution in [0.3, 0.4) is 0 Å². The third-order valence-electron chi connectivity index (χ3n) is 16.0. The Kier molecular flexibility index (Phi) is 31.7. The maximum Gasteiger partial charge on any atom is 0.318 e. The van der Waals surface area contributed by atoms with Crippen molar-refractivity contribution in [2.45, 2.75) is 151 Å². The summed E-state index contributed by atoms with van der Waals surface area (Å²) in [5.74, 6) is -2.73. The minimum atomic E-state index is -1.05. The minimum absolute atomic E-state index is 0.0469. The number of fused-ring (bicyclic) bond motifs is 4. The van der Waals surface area contributed by atoms with Gasteiger partial charge in [-0.25, -0.2) is 0 Å². The first kappa shape index (κ1) is 72.6. The van der Waals surface area contributed by atoms with E-state index in [1.807, 2.05) is 43.3 Å². The minimum Gasteiger partial charge on any atom is -0.481 e. The number of halogens is 7. The number of hydrogen-bond donors (Lipinski definition) is 3. The zero-order valence-electron chi connectivity index (χ0n) is 50.5. The molecule has 0 aromatic heterocycles. The first-order chi connectivity index (χ1) is 40.8. The summed E-state index contributed by atoms with van der Waals surface area (Å²) in [5, 5.41) is 28.4. The number of aliphatic carboxylic acids is 1. The van der Waals surface area contributed by atoms with Crippen LogP contribution in [0.4, 0.5) is 4.39 Å². The van der Waals surface area contributed by atoms with Gasteiger partial charge in [0.2, 0.25) is 5.24 Å². The van der Waals surface area contributed by atoms with Gasteiger partial charge in [-0.05, 0) is 193 Å². The van der Waals surface area contributed by atoms with E-state index in [-0.39, 0.29) is 59.7 Å². The number of carboxylic acids is 1. The summed E-state index contributed by atoms with van der Waals surface area (Å²) in [6.45, 7) is 8.55. The number of benzene rings is 5. The molecule has 4 heterocycles. The van der Waals surface area contributed by atoms with Crippen LogP contribution in [0.15, 0.2) is 121 Å². The number of piperidine rings is 2. The zero-order valence-corrected chi connectivity index (χ0v) is 54.1. The average Bonchev–Trinajstić information content (AvgIpc) is 3.25. The zero-order chi connectivity index (χ0) is 64.4.